The molecule has 20 heavy (non-hydrogen) atoms. The summed E-state index contributed by atoms with van der Waals surface area (Å²) in [4.78, 5) is 5.36. The van der Waals surface area contributed by atoms with Crippen LogP contribution in [-0.2, 0) is 6.42 Å². The van der Waals surface area contributed by atoms with E-state index in [9.17, 15) is 8.78 Å². The fourth-order valence-corrected chi connectivity index (χ4v) is 2.78. The third-order valence-corrected chi connectivity index (χ3v) is 3.78. The van der Waals surface area contributed by atoms with Crippen molar-refractivity contribution in [2.45, 2.75) is 46.2 Å². The van der Waals surface area contributed by atoms with Gasteiger partial charge in [-0.15, -0.1) is 0 Å². The molecule has 0 aliphatic rings. The van der Waals surface area contributed by atoms with Crippen LogP contribution < -0.4 is 0 Å². The van der Waals surface area contributed by atoms with Crippen LogP contribution in [0, 0.1) is 11.6 Å². The normalized spacial score (nSPS) is 12.2. The number of H-pyrrole nitrogens is 1. The molecule has 0 saturated carbocycles. The summed E-state index contributed by atoms with van der Waals surface area (Å²) in [7, 11) is 0. The Kier molecular flexibility index (Phi) is 4.43. The van der Waals surface area contributed by atoms with Crippen molar-refractivity contribution < 1.29 is 8.78 Å². The summed E-state index contributed by atoms with van der Waals surface area (Å²) in [5.41, 5.74) is 1.49. The monoisotopic (exact) mass is 280 g/mol. The van der Waals surface area contributed by atoms with Crippen LogP contribution in [0.25, 0.3) is 10.9 Å². The predicted octanol–water partition coefficient (Wildman–Crippen LogP) is 4.11. The Morgan fingerprint density at radius 1 is 1.10 bits per heavy atom. The number of aromatic nitrogens is 1. The van der Waals surface area contributed by atoms with E-state index in [0.717, 1.165) is 18.2 Å². The van der Waals surface area contributed by atoms with Gasteiger partial charge in [-0.25, -0.2) is 8.78 Å². The molecule has 0 unspecified atom stereocenters. The SMILES string of the molecule is CC(C)N(CCc1c[nH]c2ccc(F)c(F)c12)C(C)C. The lowest BCUT2D eigenvalue weighted by Gasteiger charge is -2.30. The van der Waals surface area contributed by atoms with Gasteiger partial charge in [-0.2, -0.15) is 0 Å². The number of aromatic amines is 1. The zero-order valence-electron chi connectivity index (χ0n) is 12.5. The van der Waals surface area contributed by atoms with Crippen LogP contribution in [0.5, 0.6) is 0 Å². The number of hydrogen-bond donors (Lipinski definition) is 1. The largest absolute Gasteiger partial charge is 0.361 e. The lowest BCUT2D eigenvalue weighted by Crippen LogP contribution is -2.38. The van der Waals surface area contributed by atoms with Crippen molar-refractivity contribution in [1.29, 1.82) is 0 Å². The molecule has 1 N–H and O–H groups in total. The molecule has 0 atom stereocenters. The van der Waals surface area contributed by atoms with Gasteiger partial charge in [0, 0.05) is 35.7 Å². The van der Waals surface area contributed by atoms with Crippen LogP contribution >= 0.6 is 0 Å². The first kappa shape index (κ1) is 15.0. The summed E-state index contributed by atoms with van der Waals surface area (Å²) < 4.78 is 27.3. The molecule has 0 saturated heterocycles. The van der Waals surface area contributed by atoms with E-state index in [-0.39, 0.29) is 0 Å². The molecule has 2 aromatic rings. The third-order valence-electron chi connectivity index (χ3n) is 3.78. The maximum Gasteiger partial charge on any atom is 0.168 e. The zero-order valence-corrected chi connectivity index (χ0v) is 12.5. The van der Waals surface area contributed by atoms with E-state index in [2.05, 4.69) is 37.6 Å². The smallest absolute Gasteiger partial charge is 0.168 e. The van der Waals surface area contributed by atoms with Crippen molar-refractivity contribution in [2.75, 3.05) is 6.54 Å². The van der Waals surface area contributed by atoms with Gasteiger partial charge in [0.25, 0.3) is 0 Å². The molecule has 0 aliphatic heterocycles. The second-order valence-corrected chi connectivity index (χ2v) is 5.77. The molecule has 2 nitrogen and oxygen atoms in total. The molecule has 0 bridgehead atoms. The second-order valence-electron chi connectivity index (χ2n) is 5.77. The van der Waals surface area contributed by atoms with Crippen LogP contribution in [0.3, 0.4) is 0 Å². The number of hydrogen-bond acceptors (Lipinski definition) is 1. The van der Waals surface area contributed by atoms with Crippen molar-refractivity contribution in [3.05, 3.63) is 35.5 Å². The van der Waals surface area contributed by atoms with E-state index in [1.165, 1.54) is 0 Å². The second kappa shape index (κ2) is 5.92. The number of nitrogens with zero attached hydrogens (tertiary/aromatic N) is 1. The first-order valence-electron chi connectivity index (χ1n) is 7.11. The summed E-state index contributed by atoms with van der Waals surface area (Å²) in [6.07, 6.45) is 2.49. The average molecular weight is 280 g/mol. The molecule has 1 aromatic carbocycles. The minimum Gasteiger partial charge on any atom is -0.361 e. The Balaban J connectivity index is 2.24. The van der Waals surface area contributed by atoms with Crippen molar-refractivity contribution in [1.82, 2.24) is 9.88 Å². The molecule has 0 fully saturated rings. The Bertz CT molecular complexity index is 579. The summed E-state index contributed by atoms with van der Waals surface area (Å²) in [6, 6.07) is 3.61. The van der Waals surface area contributed by atoms with Gasteiger partial charge >= 0.3 is 0 Å². The lowest BCUT2D eigenvalue weighted by molar-refractivity contribution is 0.177. The Morgan fingerprint density at radius 2 is 1.75 bits per heavy atom. The quantitative estimate of drug-likeness (QED) is 0.873. The first-order valence-corrected chi connectivity index (χ1v) is 7.11. The average Bonchev–Trinajstić information content (AvgIpc) is 2.77. The molecule has 0 spiro atoms. The maximum absolute atomic E-state index is 13.9. The zero-order chi connectivity index (χ0) is 14.9. The highest BCUT2D eigenvalue weighted by Gasteiger charge is 2.16. The molecule has 0 aliphatic carbocycles. The minimum absolute atomic E-state index is 0.387. The molecule has 1 aromatic heterocycles. The Morgan fingerprint density at radius 3 is 2.35 bits per heavy atom. The fraction of sp³-hybridized carbons (Fsp3) is 0.500. The van der Waals surface area contributed by atoms with Gasteiger partial charge in [0.05, 0.1) is 0 Å². The van der Waals surface area contributed by atoms with Crippen LogP contribution in [0.1, 0.15) is 33.3 Å². The van der Waals surface area contributed by atoms with Crippen LogP contribution in [0.15, 0.2) is 18.3 Å². The molecule has 2 rings (SSSR count). The number of fused-ring (bicyclic) bond motifs is 1. The molecular weight excluding hydrogens is 258 g/mol. The van der Waals surface area contributed by atoms with Crippen LogP contribution in [0.2, 0.25) is 0 Å². The van der Waals surface area contributed by atoms with E-state index < -0.39 is 11.6 Å². The predicted molar refractivity (Wildman–Crippen MR) is 78.9 cm³/mol. The molecule has 0 radical (unpaired) electrons. The molecule has 0 amide bonds. The van der Waals surface area contributed by atoms with Gasteiger partial charge in [0.15, 0.2) is 11.6 Å². The number of rotatable bonds is 5. The van der Waals surface area contributed by atoms with E-state index in [1.807, 2.05) is 0 Å². The lowest BCUT2D eigenvalue weighted by atomic mass is 10.1. The Hall–Kier alpha value is -1.42. The molecule has 4 heteroatoms. The van der Waals surface area contributed by atoms with Crippen molar-refractivity contribution in [3.63, 3.8) is 0 Å². The Labute approximate surface area is 118 Å². The molecule has 110 valence electrons. The molecular formula is C16H22F2N2. The third kappa shape index (κ3) is 2.85. The van der Waals surface area contributed by atoms with Crippen molar-refractivity contribution in [3.8, 4) is 0 Å². The number of benzene rings is 1. The number of nitrogens with one attached hydrogen (secondary N) is 1. The van der Waals surface area contributed by atoms with Crippen molar-refractivity contribution >= 4 is 10.9 Å². The van der Waals surface area contributed by atoms with Gasteiger partial charge < -0.3 is 4.98 Å². The maximum atomic E-state index is 13.9. The molecule has 1 heterocycles. The van der Waals surface area contributed by atoms with Crippen LogP contribution in [-0.4, -0.2) is 28.5 Å². The summed E-state index contributed by atoms with van der Waals surface area (Å²) in [5, 5.41) is 0.387. The topological polar surface area (TPSA) is 19.0 Å². The van der Waals surface area contributed by atoms with Gasteiger partial charge in [0.1, 0.15) is 0 Å². The number of halogens is 2. The van der Waals surface area contributed by atoms with Crippen molar-refractivity contribution in [2.24, 2.45) is 0 Å². The first-order chi connectivity index (χ1) is 9.41. The minimum atomic E-state index is -0.789. The van der Waals surface area contributed by atoms with Gasteiger partial charge in [-0.3, -0.25) is 4.90 Å². The highest BCUT2D eigenvalue weighted by Crippen LogP contribution is 2.24. The summed E-state index contributed by atoms with van der Waals surface area (Å²) in [6.45, 7) is 9.42. The van der Waals surface area contributed by atoms with E-state index >= 15 is 0 Å². The standard InChI is InChI=1S/C16H22F2N2/c1-10(2)20(11(3)4)8-7-12-9-19-14-6-5-13(17)16(18)15(12)14/h5-6,9-11,19H,7-8H2,1-4H3. The van der Waals surface area contributed by atoms with Crippen LogP contribution in [0.4, 0.5) is 8.78 Å². The van der Waals surface area contributed by atoms with Gasteiger partial charge in [0.2, 0.25) is 0 Å². The van der Waals surface area contributed by atoms with Gasteiger partial charge in [-0.05, 0) is 51.8 Å². The van der Waals surface area contributed by atoms with E-state index in [4.69, 9.17) is 0 Å². The summed E-state index contributed by atoms with van der Waals surface area (Å²) in [5.74, 6) is -1.54. The van der Waals surface area contributed by atoms with E-state index in [1.54, 1.807) is 12.3 Å². The highest BCUT2D eigenvalue weighted by atomic mass is 19.2. The summed E-state index contributed by atoms with van der Waals surface area (Å²) >= 11 is 0. The fourth-order valence-electron chi connectivity index (χ4n) is 2.78. The van der Waals surface area contributed by atoms with E-state index in [0.29, 0.717) is 29.4 Å². The highest BCUT2D eigenvalue weighted by molar-refractivity contribution is 5.83. The van der Waals surface area contributed by atoms with Gasteiger partial charge in [-0.1, -0.05) is 0 Å².